The first kappa shape index (κ1) is 68.1. The van der Waals surface area contributed by atoms with Crippen LogP contribution in [0, 0.1) is 0 Å². The molecule has 72 heavy (non-hydrogen) atoms. The molecule has 2 N–H and O–H groups in total. The van der Waals surface area contributed by atoms with Crippen LogP contribution in [0.25, 0.3) is 0 Å². The Morgan fingerprint density at radius 2 is 0.931 bits per heavy atom. The summed E-state index contributed by atoms with van der Waals surface area (Å²) < 4.78 is 6.13. The van der Waals surface area contributed by atoms with E-state index in [9.17, 15) is 19.5 Å². The molecule has 424 valence electrons. The highest BCUT2D eigenvalue weighted by Crippen LogP contribution is 2.39. The van der Waals surface area contributed by atoms with Gasteiger partial charge >= 0.3 is 5.97 Å². The van der Waals surface area contributed by atoms with Crippen LogP contribution in [0.5, 0.6) is 0 Å². The highest BCUT2D eigenvalue weighted by molar-refractivity contribution is 5.92. The van der Waals surface area contributed by atoms with Gasteiger partial charge in [0.2, 0.25) is 11.8 Å². The summed E-state index contributed by atoms with van der Waals surface area (Å²) in [5.41, 5.74) is -0.785. The quantitative estimate of drug-likeness (QED) is 0.0358. The number of nitrogens with zero attached hydrogens (tertiary/aromatic N) is 2. The molecule has 8 nitrogen and oxygen atoms in total. The molecule has 2 amide bonds. The molecule has 8 heteroatoms. The third kappa shape index (κ3) is 37.7. The highest BCUT2D eigenvalue weighted by Gasteiger charge is 2.50. The van der Waals surface area contributed by atoms with Gasteiger partial charge in [-0.3, -0.25) is 14.4 Å². The molecule has 1 unspecified atom stereocenters. The maximum absolute atomic E-state index is 14.3. The lowest BCUT2D eigenvalue weighted by Crippen LogP contribution is -2.64. The SMILES string of the molecule is CCCCCCCC/C=C\CCCCCCCCNC(=O)C1(N(CCCN(C)CC(O)CCCCCCCCCCCC)C(=O)CCCCC(=O)OC(CCCCCCCC)CCCCCCCC)CCC1. The zero-order valence-electron chi connectivity index (χ0n) is 48.8. The number of carbonyl (C=O) groups excluding carboxylic acids is 3. The standard InChI is InChI=1S/C64H123N3O5/c1-6-10-14-18-22-24-26-27-28-29-30-31-33-35-39-45-55-65-63(71)64(53-46-54-64)67(57-47-56-66(5)58-59(68)48-40-36-34-32-25-23-19-15-11-7-2)61(69)51-43-44-52-62(70)72-60(49-41-37-20-16-12-8-3)50-42-38-21-17-13-9-4/h27-28,59-60,68H,6-26,29-58H2,1-5H3,(H,65,71)/b28-27-. The minimum Gasteiger partial charge on any atom is -0.462 e. The zero-order valence-corrected chi connectivity index (χ0v) is 48.8. The van der Waals surface area contributed by atoms with Crippen LogP contribution in [0.2, 0.25) is 0 Å². The predicted octanol–water partition coefficient (Wildman–Crippen LogP) is 17.9. The van der Waals surface area contributed by atoms with Gasteiger partial charge in [0.15, 0.2) is 0 Å². The van der Waals surface area contributed by atoms with Crippen molar-refractivity contribution in [2.45, 2.75) is 347 Å². The lowest BCUT2D eigenvalue weighted by molar-refractivity contribution is -0.154. The number of ether oxygens (including phenoxy) is 1. The van der Waals surface area contributed by atoms with E-state index in [0.717, 1.165) is 70.8 Å². The Hall–Kier alpha value is -1.93. The molecule has 0 aromatic carbocycles. The Balaban J connectivity index is 2.70. The molecular weight excluding hydrogens is 891 g/mol. The van der Waals surface area contributed by atoms with E-state index in [1.54, 1.807) is 0 Å². The van der Waals surface area contributed by atoms with Crippen molar-refractivity contribution in [1.29, 1.82) is 0 Å². The molecule has 1 saturated carbocycles. The topological polar surface area (TPSA) is 99.2 Å². The number of aliphatic hydroxyl groups is 1. The third-order valence-corrected chi connectivity index (χ3v) is 15.8. The highest BCUT2D eigenvalue weighted by atomic mass is 16.5. The van der Waals surface area contributed by atoms with Gasteiger partial charge < -0.3 is 25.0 Å². The van der Waals surface area contributed by atoms with Crippen LogP contribution in [0.3, 0.4) is 0 Å². The van der Waals surface area contributed by atoms with E-state index < -0.39 is 5.54 Å². The molecule has 0 radical (unpaired) electrons. The first-order chi connectivity index (χ1) is 35.2. The summed E-state index contributed by atoms with van der Waals surface area (Å²) in [5.74, 6) is -0.0793. The van der Waals surface area contributed by atoms with Gasteiger partial charge in [-0.15, -0.1) is 0 Å². The third-order valence-electron chi connectivity index (χ3n) is 15.8. The van der Waals surface area contributed by atoms with Crippen LogP contribution >= 0.6 is 0 Å². The predicted molar refractivity (Wildman–Crippen MR) is 310 cm³/mol. The molecule has 0 saturated heterocycles. The second-order valence-electron chi connectivity index (χ2n) is 22.8. The Bertz CT molecular complexity index is 1240. The van der Waals surface area contributed by atoms with Crippen molar-refractivity contribution in [2.24, 2.45) is 0 Å². The van der Waals surface area contributed by atoms with Crippen LogP contribution in [0.4, 0.5) is 0 Å². The minimum atomic E-state index is -0.785. The summed E-state index contributed by atoms with van der Waals surface area (Å²) >= 11 is 0. The molecule has 1 aliphatic carbocycles. The van der Waals surface area contributed by atoms with E-state index >= 15 is 0 Å². The summed E-state index contributed by atoms with van der Waals surface area (Å²) in [6, 6.07) is 0. The van der Waals surface area contributed by atoms with Crippen molar-refractivity contribution in [2.75, 3.05) is 33.2 Å². The van der Waals surface area contributed by atoms with Crippen molar-refractivity contribution >= 4 is 17.8 Å². The molecule has 1 rings (SSSR count). The monoisotopic (exact) mass is 1010 g/mol. The number of hydrogen-bond acceptors (Lipinski definition) is 6. The van der Waals surface area contributed by atoms with E-state index in [-0.39, 0.29) is 30.0 Å². The average Bonchev–Trinajstić information content (AvgIpc) is 3.35. The van der Waals surface area contributed by atoms with Crippen LogP contribution in [0.1, 0.15) is 329 Å². The minimum absolute atomic E-state index is 0.000191. The molecule has 1 aliphatic rings. The molecule has 1 atom stereocenters. The van der Waals surface area contributed by atoms with Gasteiger partial charge in [0.1, 0.15) is 11.6 Å². The average molecular weight is 1010 g/mol. The van der Waals surface area contributed by atoms with E-state index in [2.05, 4.69) is 57.1 Å². The molecule has 0 aliphatic heterocycles. The van der Waals surface area contributed by atoms with Gasteiger partial charge in [0.05, 0.1) is 6.10 Å². The maximum atomic E-state index is 14.3. The normalized spacial score (nSPS) is 13.8. The smallest absolute Gasteiger partial charge is 0.306 e. The van der Waals surface area contributed by atoms with Gasteiger partial charge in [0.25, 0.3) is 0 Å². The molecule has 0 aromatic heterocycles. The van der Waals surface area contributed by atoms with Gasteiger partial charge in [0, 0.05) is 32.5 Å². The van der Waals surface area contributed by atoms with Gasteiger partial charge in [-0.05, 0) is 116 Å². The maximum Gasteiger partial charge on any atom is 0.306 e. The van der Waals surface area contributed by atoms with Crippen molar-refractivity contribution < 1.29 is 24.2 Å². The summed E-state index contributed by atoms with van der Waals surface area (Å²) in [5, 5.41) is 14.2. The van der Waals surface area contributed by atoms with Gasteiger partial charge in [-0.2, -0.15) is 0 Å². The van der Waals surface area contributed by atoms with E-state index in [4.69, 9.17) is 4.74 Å². The Morgan fingerprint density at radius 3 is 1.39 bits per heavy atom. The number of allylic oxidation sites excluding steroid dienone is 2. The number of likely N-dealkylation sites (N-methyl/N-ethyl adjacent to an activating group) is 1. The summed E-state index contributed by atoms with van der Waals surface area (Å²) in [6.45, 7) is 11.6. The zero-order chi connectivity index (χ0) is 52.4. The van der Waals surface area contributed by atoms with E-state index in [0.29, 0.717) is 58.2 Å². The number of aliphatic hydroxyl groups excluding tert-OH is 1. The van der Waals surface area contributed by atoms with Crippen LogP contribution in [0.15, 0.2) is 12.2 Å². The lowest BCUT2D eigenvalue weighted by Gasteiger charge is -2.49. The summed E-state index contributed by atoms with van der Waals surface area (Å²) in [6.07, 6.45) is 57.6. The van der Waals surface area contributed by atoms with Crippen LogP contribution in [-0.2, 0) is 19.1 Å². The van der Waals surface area contributed by atoms with Gasteiger partial charge in [-0.25, -0.2) is 0 Å². The molecule has 1 fully saturated rings. The van der Waals surface area contributed by atoms with Crippen LogP contribution < -0.4 is 5.32 Å². The number of rotatable bonds is 55. The molecule has 0 bridgehead atoms. The number of amides is 2. The Morgan fingerprint density at radius 1 is 0.514 bits per heavy atom. The van der Waals surface area contributed by atoms with Crippen LogP contribution in [-0.4, -0.2) is 83.7 Å². The number of unbranched alkanes of at least 4 members (excludes halogenated alkanes) is 32. The lowest BCUT2D eigenvalue weighted by atomic mass is 9.74. The fourth-order valence-electron chi connectivity index (χ4n) is 10.8. The first-order valence-electron chi connectivity index (χ1n) is 32.0. The summed E-state index contributed by atoms with van der Waals surface area (Å²) in [7, 11) is 2.07. The molecule has 0 spiro atoms. The number of nitrogens with one attached hydrogen (secondary N) is 1. The number of carbonyl (C=O) groups is 3. The fraction of sp³-hybridized carbons (Fsp3) is 0.922. The Labute approximate surface area is 447 Å². The van der Waals surface area contributed by atoms with Crippen molar-refractivity contribution in [3.05, 3.63) is 12.2 Å². The molecular formula is C64H123N3O5. The van der Waals surface area contributed by atoms with E-state index in [1.165, 1.54) is 199 Å². The van der Waals surface area contributed by atoms with Gasteiger partial charge in [-0.1, -0.05) is 226 Å². The van der Waals surface area contributed by atoms with Crippen molar-refractivity contribution in [3.63, 3.8) is 0 Å². The largest absolute Gasteiger partial charge is 0.462 e. The summed E-state index contributed by atoms with van der Waals surface area (Å²) in [4.78, 5) is 45.7. The second kappa shape index (κ2) is 49.9. The number of hydrogen-bond donors (Lipinski definition) is 2. The number of esters is 1. The first-order valence-corrected chi connectivity index (χ1v) is 32.0. The fourth-order valence-corrected chi connectivity index (χ4v) is 10.8. The van der Waals surface area contributed by atoms with Crippen molar-refractivity contribution in [1.82, 2.24) is 15.1 Å². The molecule has 0 heterocycles. The Kier molecular flexibility index (Phi) is 47.2. The van der Waals surface area contributed by atoms with E-state index in [1.807, 2.05) is 4.90 Å². The van der Waals surface area contributed by atoms with Crippen molar-refractivity contribution in [3.8, 4) is 0 Å². The second-order valence-corrected chi connectivity index (χ2v) is 22.8. The molecule has 0 aromatic rings.